The summed E-state index contributed by atoms with van der Waals surface area (Å²) in [6.07, 6.45) is 4.14. The van der Waals surface area contributed by atoms with Crippen LogP contribution in [0.1, 0.15) is 46.5 Å². The number of ether oxygens (including phenoxy) is 1. The summed E-state index contributed by atoms with van der Waals surface area (Å²) in [6.45, 7) is 9.16. The first-order valence-corrected chi connectivity index (χ1v) is 7.53. The molecule has 1 rings (SSSR count). The number of hydrogen-bond donors (Lipinski definition) is 1. The summed E-state index contributed by atoms with van der Waals surface area (Å²) in [4.78, 5) is 2.53. The van der Waals surface area contributed by atoms with Crippen LogP contribution in [-0.4, -0.2) is 49.3 Å². The van der Waals surface area contributed by atoms with Gasteiger partial charge in [-0.25, -0.2) is 0 Å². The molecule has 0 spiro atoms. The average molecular weight is 267 g/mol. The number of hydrogen-bond acceptors (Lipinski definition) is 4. The van der Waals surface area contributed by atoms with E-state index in [0.29, 0.717) is 12.1 Å². The molecule has 110 valence electrons. The maximum atomic E-state index is 9.46. The molecule has 4 nitrogen and oxygen atoms in total. The first-order valence-electron chi connectivity index (χ1n) is 7.53. The Morgan fingerprint density at radius 1 is 1.53 bits per heavy atom. The lowest BCUT2D eigenvalue weighted by Gasteiger charge is -2.34. The van der Waals surface area contributed by atoms with Gasteiger partial charge < -0.3 is 4.74 Å². The standard InChI is InChI=1S/C15H29N3O/c1-5-13(3)18(9-10-19-4)14-7-8-15(11-14,12-16)17-6-2/h13-14,17H,5-11H2,1-4H3. The second-order valence-corrected chi connectivity index (χ2v) is 5.61. The number of rotatable bonds is 8. The van der Waals surface area contributed by atoms with Crippen LogP contribution in [0.4, 0.5) is 0 Å². The predicted molar refractivity (Wildman–Crippen MR) is 78.0 cm³/mol. The van der Waals surface area contributed by atoms with E-state index in [4.69, 9.17) is 4.74 Å². The van der Waals surface area contributed by atoms with Crippen LogP contribution in [0, 0.1) is 11.3 Å². The molecule has 0 aliphatic heterocycles. The fourth-order valence-corrected chi connectivity index (χ4v) is 3.14. The molecule has 1 saturated carbocycles. The zero-order valence-corrected chi connectivity index (χ0v) is 12.9. The predicted octanol–water partition coefficient (Wildman–Crippen LogP) is 2.16. The zero-order chi connectivity index (χ0) is 14.3. The van der Waals surface area contributed by atoms with E-state index >= 15 is 0 Å². The van der Waals surface area contributed by atoms with E-state index in [0.717, 1.165) is 45.4 Å². The van der Waals surface area contributed by atoms with Crippen molar-refractivity contribution in [3.8, 4) is 6.07 Å². The van der Waals surface area contributed by atoms with Gasteiger partial charge in [0.05, 0.1) is 12.7 Å². The molecule has 1 fully saturated rings. The largest absolute Gasteiger partial charge is 0.383 e. The van der Waals surface area contributed by atoms with Crippen molar-refractivity contribution < 1.29 is 4.74 Å². The minimum Gasteiger partial charge on any atom is -0.383 e. The Kier molecular flexibility index (Phi) is 6.78. The summed E-state index contributed by atoms with van der Waals surface area (Å²) in [5.41, 5.74) is -0.307. The van der Waals surface area contributed by atoms with Gasteiger partial charge in [-0.05, 0) is 39.2 Å². The Labute approximate surface area is 118 Å². The number of nitrogens with one attached hydrogen (secondary N) is 1. The molecule has 1 aliphatic rings. The molecule has 0 radical (unpaired) electrons. The highest BCUT2D eigenvalue weighted by molar-refractivity contribution is 5.13. The van der Waals surface area contributed by atoms with Gasteiger partial charge in [0.15, 0.2) is 0 Å². The summed E-state index contributed by atoms with van der Waals surface area (Å²) in [5.74, 6) is 0. The average Bonchev–Trinajstić information content (AvgIpc) is 2.84. The minimum atomic E-state index is -0.307. The Morgan fingerprint density at radius 2 is 2.26 bits per heavy atom. The van der Waals surface area contributed by atoms with E-state index in [1.54, 1.807) is 7.11 Å². The lowest BCUT2D eigenvalue weighted by molar-refractivity contribution is 0.0876. The number of nitriles is 1. The first-order chi connectivity index (χ1) is 9.12. The van der Waals surface area contributed by atoms with Crippen molar-refractivity contribution in [1.29, 1.82) is 5.26 Å². The summed E-state index contributed by atoms with van der Waals surface area (Å²) in [6, 6.07) is 3.56. The molecule has 1 N–H and O–H groups in total. The monoisotopic (exact) mass is 267 g/mol. The Morgan fingerprint density at radius 3 is 2.79 bits per heavy atom. The van der Waals surface area contributed by atoms with Gasteiger partial charge >= 0.3 is 0 Å². The lowest BCUT2D eigenvalue weighted by Crippen LogP contribution is -2.46. The van der Waals surface area contributed by atoms with E-state index in [-0.39, 0.29) is 5.54 Å². The lowest BCUT2D eigenvalue weighted by atomic mass is 9.99. The van der Waals surface area contributed by atoms with E-state index in [2.05, 4.69) is 37.1 Å². The summed E-state index contributed by atoms with van der Waals surface area (Å²) in [7, 11) is 1.75. The van der Waals surface area contributed by atoms with Crippen molar-refractivity contribution in [2.45, 2.75) is 64.1 Å². The van der Waals surface area contributed by atoms with E-state index in [9.17, 15) is 5.26 Å². The maximum absolute atomic E-state index is 9.46. The molecule has 3 unspecified atom stereocenters. The fraction of sp³-hybridized carbons (Fsp3) is 0.933. The van der Waals surface area contributed by atoms with Crippen LogP contribution in [0.3, 0.4) is 0 Å². The third-order valence-electron chi connectivity index (χ3n) is 4.40. The quantitative estimate of drug-likeness (QED) is 0.732. The van der Waals surface area contributed by atoms with Gasteiger partial charge in [0.1, 0.15) is 5.54 Å². The van der Waals surface area contributed by atoms with Crippen LogP contribution in [0.25, 0.3) is 0 Å². The maximum Gasteiger partial charge on any atom is 0.108 e. The third-order valence-corrected chi connectivity index (χ3v) is 4.40. The molecule has 0 amide bonds. The highest BCUT2D eigenvalue weighted by Crippen LogP contribution is 2.33. The molecule has 3 atom stereocenters. The van der Waals surface area contributed by atoms with Gasteiger partial charge in [0.2, 0.25) is 0 Å². The molecule has 19 heavy (non-hydrogen) atoms. The van der Waals surface area contributed by atoms with Crippen LogP contribution < -0.4 is 5.32 Å². The molecule has 0 aromatic heterocycles. The first kappa shape index (κ1) is 16.4. The molecule has 1 aliphatic carbocycles. The van der Waals surface area contributed by atoms with E-state index in [1.165, 1.54) is 0 Å². The van der Waals surface area contributed by atoms with Crippen LogP contribution in [0.2, 0.25) is 0 Å². The van der Waals surface area contributed by atoms with Gasteiger partial charge in [-0.3, -0.25) is 10.2 Å². The Balaban J connectivity index is 2.69. The SMILES string of the molecule is CCNC1(C#N)CCC(N(CCOC)C(C)CC)C1. The van der Waals surface area contributed by atoms with Crippen LogP contribution in [0.15, 0.2) is 0 Å². The van der Waals surface area contributed by atoms with E-state index in [1.807, 2.05) is 0 Å². The topological polar surface area (TPSA) is 48.3 Å². The van der Waals surface area contributed by atoms with Gasteiger partial charge in [-0.15, -0.1) is 0 Å². The fourth-order valence-electron chi connectivity index (χ4n) is 3.14. The number of nitrogens with zero attached hydrogens (tertiary/aromatic N) is 2. The molecule has 0 heterocycles. The summed E-state index contributed by atoms with van der Waals surface area (Å²) in [5, 5.41) is 12.8. The molecule has 0 aromatic rings. The van der Waals surface area contributed by atoms with Crippen molar-refractivity contribution in [2.24, 2.45) is 0 Å². The Bertz CT molecular complexity index is 302. The van der Waals surface area contributed by atoms with Crippen molar-refractivity contribution in [1.82, 2.24) is 10.2 Å². The second-order valence-electron chi connectivity index (χ2n) is 5.61. The highest BCUT2D eigenvalue weighted by Gasteiger charge is 2.41. The molecule has 0 saturated heterocycles. The molecular formula is C15H29N3O. The molecule has 0 bridgehead atoms. The summed E-state index contributed by atoms with van der Waals surface area (Å²) >= 11 is 0. The summed E-state index contributed by atoms with van der Waals surface area (Å²) < 4.78 is 5.23. The van der Waals surface area contributed by atoms with Crippen molar-refractivity contribution >= 4 is 0 Å². The normalized spacial score (nSPS) is 28.5. The molecule has 4 heteroatoms. The third kappa shape index (κ3) is 4.17. The molecular weight excluding hydrogens is 238 g/mol. The van der Waals surface area contributed by atoms with Gasteiger partial charge in [0, 0.05) is 25.7 Å². The van der Waals surface area contributed by atoms with Crippen molar-refractivity contribution in [3.63, 3.8) is 0 Å². The Hall–Kier alpha value is -0.630. The van der Waals surface area contributed by atoms with Crippen LogP contribution in [0.5, 0.6) is 0 Å². The van der Waals surface area contributed by atoms with Crippen molar-refractivity contribution in [3.05, 3.63) is 0 Å². The number of methoxy groups -OCH3 is 1. The van der Waals surface area contributed by atoms with Gasteiger partial charge in [0.25, 0.3) is 0 Å². The smallest absolute Gasteiger partial charge is 0.108 e. The van der Waals surface area contributed by atoms with Crippen LogP contribution >= 0.6 is 0 Å². The highest BCUT2D eigenvalue weighted by atomic mass is 16.5. The van der Waals surface area contributed by atoms with E-state index < -0.39 is 0 Å². The van der Waals surface area contributed by atoms with Crippen molar-refractivity contribution in [2.75, 3.05) is 26.8 Å². The molecule has 0 aromatic carbocycles. The van der Waals surface area contributed by atoms with Gasteiger partial charge in [-0.1, -0.05) is 13.8 Å². The van der Waals surface area contributed by atoms with Crippen LogP contribution in [-0.2, 0) is 4.74 Å². The van der Waals surface area contributed by atoms with Gasteiger partial charge in [-0.2, -0.15) is 5.26 Å². The second kappa shape index (κ2) is 7.84. The minimum absolute atomic E-state index is 0.307. The zero-order valence-electron chi connectivity index (χ0n) is 12.9.